The minimum Gasteiger partial charge on any atom is -0.313 e. The van der Waals surface area contributed by atoms with Crippen molar-refractivity contribution in [2.45, 2.75) is 45.1 Å². The molecular weight excluding hydrogens is 224 g/mol. The molecule has 0 unspecified atom stereocenters. The summed E-state index contributed by atoms with van der Waals surface area (Å²) in [7, 11) is 0. The monoisotopic (exact) mass is 241 g/mol. The zero-order valence-corrected chi connectivity index (χ0v) is 9.92. The Morgan fingerprint density at radius 3 is 2.82 bits per heavy atom. The standard InChI is InChI=1S/C12H17F2N3/c1-2-5-15-6-9-7-16-12(8-3-4-8)17-10(9)11(13)14/h7-8,11,15H,2-6H2,1H3. The molecule has 0 saturated heterocycles. The number of rotatable bonds is 6. The summed E-state index contributed by atoms with van der Waals surface area (Å²) in [5, 5.41) is 3.10. The summed E-state index contributed by atoms with van der Waals surface area (Å²) in [4.78, 5) is 8.19. The molecule has 94 valence electrons. The Hall–Kier alpha value is -1.10. The van der Waals surface area contributed by atoms with Gasteiger partial charge >= 0.3 is 0 Å². The smallest absolute Gasteiger partial charge is 0.280 e. The van der Waals surface area contributed by atoms with E-state index in [1.807, 2.05) is 6.92 Å². The highest BCUT2D eigenvalue weighted by atomic mass is 19.3. The minimum atomic E-state index is -2.52. The van der Waals surface area contributed by atoms with Gasteiger partial charge in [-0.25, -0.2) is 18.7 Å². The van der Waals surface area contributed by atoms with Gasteiger partial charge in [-0.2, -0.15) is 0 Å². The second kappa shape index (κ2) is 5.49. The normalized spacial score (nSPS) is 15.5. The first-order chi connectivity index (χ1) is 8.22. The molecule has 1 saturated carbocycles. The highest BCUT2D eigenvalue weighted by Crippen LogP contribution is 2.38. The molecule has 3 nitrogen and oxygen atoms in total. The lowest BCUT2D eigenvalue weighted by atomic mass is 10.2. The first-order valence-corrected chi connectivity index (χ1v) is 6.07. The van der Waals surface area contributed by atoms with Crippen LogP contribution in [0, 0.1) is 0 Å². The van der Waals surface area contributed by atoms with E-state index in [0.29, 0.717) is 23.9 Å². The van der Waals surface area contributed by atoms with Crippen LogP contribution in [0.3, 0.4) is 0 Å². The van der Waals surface area contributed by atoms with Crippen molar-refractivity contribution in [3.8, 4) is 0 Å². The Bertz CT molecular complexity index is 378. The van der Waals surface area contributed by atoms with Gasteiger partial charge in [0.05, 0.1) is 0 Å². The molecule has 0 bridgehead atoms. The number of hydrogen-bond acceptors (Lipinski definition) is 3. The topological polar surface area (TPSA) is 37.8 Å². The van der Waals surface area contributed by atoms with Crippen LogP contribution >= 0.6 is 0 Å². The molecule has 0 atom stereocenters. The van der Waals surface area contributed by atoms with Crippen molar-refractivity contribution in [3.05, 3.63) is 23.3 Å². The van der Waals surface area contributed by atoms with E-state index in [0.717, 1.165) is 25.8 Å². The molecule has 1 aliphatic carbocycles. The largest absolute Gasteiger partial charge is 0.313 e. The number of nitrogens with one attached hydrogen (secondary N) is 1. The van der Waals surface area contributed by atoms with Crippen molar-refractivity contribution in [3.63, 3.8) is 0 Å². The zero-order valence-electron chi connectivity index (χ0n) is 9.92. The number of aromatic nitrogens is 2. The molecule has 1 N–H and O–H groups in total. The average molecular weight is 241 g/mol. The fraction of sp³-hybridized carbons (Fsp3) is 0.667. The molecule has 17 heavy (non-hydrogen) atoms. The Kier molecular flexibility index (Phi) is 3.99. The molecule has 1 heterocycles. The van der Waals surface area contributed by atoms with Crippen LogP contribution in [0.5, 0.6) is 0 Å². The maximum atomic E-state index is 12.9. The van der Waals surface area contributed by atoms with Crippen LogP contribution in [0.1, 0.15) is 55.6 Å². The number of hydrogen-bond donors (Lipinski definition) is 1. The second-order valence-electron chi connectivity index (χ2n) is 4.39. The molecule has 0 aliphatic heterocycles. The van der Waals surface area contributed by atoms with Gasteiger partial charge in [-0.15, -0.1) is 0 Å². The highest BCUT2D eigenvalue weighted by molar-refractivity contribution is 5.21. The van der Waals surface area contributed by atoms with Gasteiger partial charge in [0.25, 0.3) is 6.43 Å². The highest BCUT2D eigenvalue weighted by Gasteiger charge is 2.28. The molecule has 1 aliphatic rings. The summed E-state index contributed by atoms with van der Waals surface area (Å²) >= 11 is 0. The predicted molar refractivity (Wildman–Crippen MR) is 61.0 cm³/mol. The quantitative estimate of drug-likeness (QED) is 0.778. The molecule has 0 spiro atoms. The minimum absolute atomic E-state index is 0.106. The van der Waals surface area contributed by atoms with E-state index in [1.165, 1.54) is 0 Å². The fourth-order valence-corrected chi connectivity index (χ4v) is 1.70. The van der Waals surface area contributed by atoms with Crippen LogP contribution in [-0.4, -0.2) is 16.5 Å². The molecule has 0 radical (unpaired) electrons. The molecule has 0 aromatic carbocycles. The first kappa shape index (κ1) is 12.4. The van der Waals surface area contributed by atoms with Crippen LogP contribution < -0.4 is 5.32 Å². The van der Waals surface area contributed by atoms with Crippen molar-refractivity contribution in [2.75, 3.05) is 6.54 Å². The number of nitrogens with zero attached hydrogens (tertiary/aromatic N) is 2. The third-order valence-corrected chi connectivity index (χ3v) is 2.81. The van der Waals surface area contributed by atoms with Crippen LogP contribution in [-0.2, 0) is 6.54 Å². The van der Waals surface area contributed by atoms with Crippen LogP contribution in [0.15, 0.2) is 6.20 Å². The van der Waals surface area contributed by atoms with Gasteiger partial charge in [-0.1, -0.05) is 6.92 Å². The molecule has 2 rings (SSSR count). The Morgan fingerprint density at radius 2 is 2.24 bits per heavy atom. The van der Waals surface area contributed by atoms with Crippen LogP contribution in [0.25, 0.3) is 0 Å². The van der Waals surface area contributed by atoms with Crippen molar-refractivity contribution in [1.29, 1.82) is 0 Å². The van der Waals surface area contributed by atoms with E-state index in [4.69, 9.17) is 0 Å². The van der Waals surface area contributed by atoms with E-state index in [2.05, 4.69) is 15.3 Å². The maximum Gasteiger partial charge on any atom is 0.280 e. The molecular formula is C12H17F2N3. The summed E-state index contributed by atoms with van der Waals surface area (Å²) in [6.45, 7) is 3.26. The van der Waals surface area contributed by atoms with Gasteiger partial charge in [0, 0.05) is 24.2 Å². The van der Waals surface area contributed by atoms with Crippen LogP contribution in [0.4, 0.5) is 8.78 Å². The summed E-state index contributed by atoms with van der Waals surface area (Å²) in [5.74, 6) is 0.893. The number of alkyl halides is 2. The van der Waals surface area contributed by atoms with E-state index in [1.54, 1.807) is 6.20 Å². The molecule has 1 aromatic heterocycles. The third-order valence-electron chi connectivity index (χ3n) is 2.81. The van der Waals surface area contributed by atoms with Gasteiger partial charge in [0.15, 0.2) is 0 Å². The van der Waals surface area contributed by atoms with Crippen LogP contribution in [0.2, 0.25) is 0 Å². The van der Waals surface area contributed by atoms with Gasteiger partial charge < -0.3 is 5.32 Å². The summed E-state index contributed by atoms with van der Waals surface area (Å²) in [5.41, 5.74) is 0.406. The molecule has 1 aromatic rings. The molecule has 0 amide bonds. The van der Waals surface area contributed by atoms with E-state index >= 15 is 0 Å². The summed E-state index contributed by atoms with van der Waals surface area (Å²) in [6.07, 6.45) is 2.05. The van der Waals surface area contributed by atoms with Gasteiger partial charge in [0.2, 0.25) is 0 Å². The third kappa shape index (κ3) is 3.19. The van der Waals surface area contributed by atoms with Crippen molar-refractivity contribution < 1.29 is 8.78 Å². The molecule has 1 fully saturated rings. The second-order valence-corrected chi connectivity index (χ2v) is 4.39. The SMILES string of the molecule is CCCNCc1cnc(C2CC2)nc1C(F)F. The maximum absolute atomic E-state index is 12.9. The lowest BCUT2D eigenvalue weighted by Crippen LogP contribution is -2.16. The summed E-state index contributed by atoms with van der Waals surface area (Å²) in [6, 6.07) is 0. The predicted octanol–water partition coefficient (Wildman–Crippen LogP) is 2.79. The van der Waals surface area contributed by atoms with E-state index < -0.39 is 6.43 Å². The van der Waals surface area contributed by atoms with Crippen molar-refractivity contribution in [1.82, 2.24) is 15.3 Å². The fourth-order valence-electron chi connectivity index (χ4n) is 1.70. The average Bonchev–Trinajstić information content (AvgIpc) is 3.13. The lowest BCUT2D eigenvalue weighted by molar-refractivity contribution is 0.144. The van der Waals surface area contributed by atoms with Gasteiger partial charge in [-0.3, -0.25) is 0 Å². The van der Waals surface area contributed by atoms with Crippen molar-refractivity contribution >= 4 is 0 Å². The lowest BCUT2D eigenvalue weighted by Gasteiger charge is -2.09. The van der Waals surface area contributed by atoms with Gasteiger partial charge in [0.1, 0.15) is 11.5 Å². The Morgan fingerprint density at radius 1 is 1.47 bits per heavy atom. The number of halogens is 2. The summed E-state index contributed by atoms with van der Waals surface area (Å²) < 4.78 is 25.8. The first-order valence-electron chi connectivity index (χ1n) is 6.07. The van der Waals surface area contributed by atoms with E-state index in [-0.39, 0.29) is 5.69 Å². The zero-order chi connectivity index (χ0) is 12.3. The van der Waals surface area contributed by atoms with E-state index in [9.17, 15) is 8.78 Å². The Labute approximate surface area is 99.7 Å². The Balaban J connectivity index is 2.12. The molecule has 5 heteroatoms. The van der Waals surface area contributed by atoms with Gasteiger partial charge in [-0.05, 0) is 25.8 Å². The van der Waals surface area contributed by atoms with Crippen molar-refractivity contribution in [2.24, 2.45) is 0 Å².